The van der Waals surface area contributed by atoms with E-state index in [9.17, 15) is 14.7 Å². The van der Waals surface area contributed by atoms with Crippen LogP contribution in [0.2, 0.25) is 0 Å². The molecule has 2 N–H and O–H groups in total. The van der Waals surface area contributed by atoms with Crippen molar-refractivity contribution in [2.45, 2.75) is 18.9 Å². The number of carbonyl (C=O) groups is 2. The van der Waals surface area contributed by atoms with Gasteiger partial charge in [0.25, 0.3) is 0 Å². The van der Waals surface area contributed by atoms with Gasteiger partial charge in [-0.3, -0.25) is 9.97 Å². The van der Waals surface area contributed by atoms with E-state index >= 15 is 0 Å². The van der Waals surface area contributed by atoms with Crippen LogP contribution in [0.4, 0.5) is 10.5 Å². The van der Waals surface area contributed by atoms with Gasteiger partial charge >= 0.3 is 57.4 Å². The van der Waals surface area contributed by atoms with Gasteiger partial charge in [0.2, 0.25) is 0 Å². The Kier molecular flexibility index (Phi) is 7.56. The molecule has 4 rings (SSSR count). The van der Waals surface area contributed by atoms with E-state index in [0.29, 0.717) is 23.4 Å². The van der Waals surface area contributed by atoms with Gasteiger partial charge < -0.3 is 25.0 Å². The number of rotatable bonds is 6. The van der Waals surface area contributed by atoms with E-state index in [0.717, 1.165) is 16.4 Å². The van der Waals surface area contributed by atoms with Crippen molar-refractivity contribution >= 4 is 39.6 Å². The van der Waals surface area contributed by atoms with Crippen LogP contribution in [0.3, 0.4) is 0 Å². The number of nitrogens with zero attached hydrogens (tertiary/aromatic N) is 2. The Bertz CT molecular complexity index is 1180. The monoisotopic (exact) mass is 428 g/mol. The second kappa shape index (κ2) is 10.1. The second-order valence-corrected chi connectivity index (χ2v) is 6.51. The number of para-hydroxylation sites is 1. The molecule has 8 nitrogen and oxygen atoms in total. The Morgan fingerprint density at radius 1 is 1.07 bits per heavy atom. The number of furan rings is 1. The number of aryl methyl sites for hydroxylation is 1. The standard InChI is InChI=1S/C21H18N4O4.K/c26-20(27)17(8-6-14-12-22-9-10-23-14)25-21(28)24-13-5-7-16-15-3-1-2-4-18(15)29-19(16)11-13;/h1-5,7,9-12,17H,6,8H2,(H,26,27)(H2,24,25,28);/q;+1/p-1. The van der Waals surface area contributed by atoms with Crippen molar-refractivity contribution in [1.82, 2.24) is 15.3 Å². The molecule has 0 aliphatic carbocycles. The average Bonchev–Trinajstić information content (AvgIpc) is 3.09. The van der Waals surface area contributed by atoms with Crippen molar-refractivity contribution in [3.05, 3.63) is 66.7 Å². The first-order valence-corrected chi connectivity index (χ1v) is 9.05. The number of aromatic nitrogens is 2. The normalized spacial score (nSPS) is 11.6. The predicted octanol–water partition coefficient (Wildman–Crippen LogP) is -0.747. The van der Waals surface area contributed by atoms with E-state index in [1.165, 1.54) is 12.4 Å². The average molecular weight is 428 g/mol. The molecule has 0 fully saturated rings. The van der Waals surface area contributed by atoms with Crippen molar-refractivity contribution in [2.75, 3.05) is 5.32 Å². The summed E-state index contributed by atoms with van der Waals surface area (Å²) in [4.78, 5) is 31.7. The molecule has 0 bridgehead atoms. The fourth-order valence-corrected chi connectivity index (χ4v) is 3.13. The maximum atomic E-state index is 12.3. The Hall–Kier alpha value is -2.30. The number of carboxylic acids is 1. The fraction of sp³-hybridized carbons (Fsp3) is 0.143. The zero-order chi connectivity index (χ0) is 20.2. The van der Waals surface area contributed by atoms with Crippen LogP contribution < -0.4 is 67.1 Å². The largest absolute Gasteiger partial charge is 1.00 e. The molecule has 0 radical (unpaired) electrons. The Labute approximate surface area is 214 Å². The van der Waals surface area contributed by atoms with Crippen LogP contribution >= 0.6 is 0 Å². The number of nitrogens with one attached hydrogen (secondary N) is 2. The Morgan fingerprint density at radius 3 is 2.63 bits per heavy atom. The van der Waals surface area contributed by atoms with E-state index in [2.05, 4.69) is 20.6 Å². The molecule has 2 aromatic heterocycles. The zero-order valence-electron chi connectivity index (χ0n) is 16.3. The molecule has 0 aliphatic heterocycles. The minimum Gasteiger partial charge on any atom is -0.548 e. The molecule has 9 heteroatoms. The van der Waals surface area contributed by atoms with Gasteiger partial charge in [0.1, 0.15) is 11.2 Å². The first-order chi connectivity index (χ1) is 14.1. The van der Waals surface area contributed by atoms with Gasteiger partial charge in [-0.05, 0) is 31.0 Å². The summed E-state index contributed by atoms with van der Waals surface area (Å²) < 4.78 is 5.79. The molecule has 2 amide bonds. The van der Waals surface area contributed by atoms with E-state index < -0.39 is 18.0 Å². The summed E-state index contributed by atoms with van der Waals surface area (Å²) in [6.45, 7) is 0. The molecular weight excluding hydrogens is 411 g/mol. The molecule has 146 valence electrons. The van der Waals surface area contributed by atoms with Crippen LogP contribution in [0.15, 0.2) is 65.5 Å². The van der Waals surface area contributed by atoms with Crippen molar-refractivity contribution < 1.29 is 70.5 Å². The maximum absolute atomic E-state index is 12.3. The van der Waals surface area contributed by atoms with Gasteiger partial charge in [-0.2, -0.15) is 0 Å². The number of hydrogen-bond donors (Lipinski definition) is 2. The van der Waals surface area contributed by atoms with E-state index in [4.69, 9.17) is 4.42 Å². The SMILES string of the molecule is O=C(Nc1ccc2c(c1)oc1ccccc12)NC(CCc1cnccn1)C(=O)[O-].[K+]. The number of aliphatic carboxylic acids is 1. The van der Waals surface area contributed by atoms with Crippen LogP contribution in [-0.2, 0) is 11.2 Å². The molecular formula is C21H17KN4O4. The number of fused-ring (bicyclic) bond motifs is 3. The van der Waals surface area contributed by atoms with Gasteiger partial charge in [0.15, 0.2) is 0 Å². The van der Waals surface area contributed by atoms with Gasteiger partial charge in [-0.25, -0.2) is 4.79 Å². The zero-order valence-corrected chi connectivity index (χ0v) is 19.4. The summed E-state index contributed by atoms with van der Waals surface area (Å²) in [6.07, 6.45) is 5.09. The van der Waals surface area contributed by atoms with Crippen molar-refractivity contribution in [2.24, 2.45) is 0 Å². The number of carboxylic acid groups (broad SMARTS) is 1. The molecule has 4 aromatic rings. The van der Waals surface area contributed by atoms with Gasteiger partial charge in [0, 0.05) is 41.1 Å². The number of hydrogen-bond acceptors (Lipinski definition) is 6. The van der Waals surface area contributed by atoms with E-state index in [1.807, 2.05) is 30.3 Å². The summed E-state index contributed by atoms with van der Waals surface area (Å²) in [6, 6.07) is 11.1. The number of urea groups is 1. The fourth-order valence-electron chi connectivity index (χ4n) is 3.13. The Balaban J connectivity index is 0.00000256. The van der Waals surface area contributed by atoms with Gasteiger partial charge in [-0.15, -0.1) is 0 Å². The molecule has 1 atom stereocenters. The number of anilines is 1. The van der Waals surface area contributed by atoms with Crippen LogP contribution in [0.25, 0.3) is 21.9 Å². The quantitative estimate of drug-likeness (QED) is 0.390. The van der Waals surface area contributed by atoms with Crippen LogP contribution in [-0.4, -0.2) is 28.0 Å². The number of amides is 2. The summed E-state index contributed by atoms with van der Waals surface area (Å²) in [5.74, 6) is -1.36. The number of carbonyl (C=O) groups excluding carboxylic acids is 2. The topological polar surface area (TPSA) is 120 Å². The molecule has 2 aromatic carbocycles. The molecule has 0 saturated carbocycles. The summed E-state index contributed by atoms with van der Waals surface area (Å²) in [5, 5.41) is 18.3. The Morgan fingerprint density at radius 2 is 1.87 bits per heavy atom. The van der Waals surface area contributed by atoms with Crippen LogP contribution in [0.5, 0.6) is 0 Å². The van der Waals surface area contributed by atoms with Crippen LogP contribution in [0, 0.1) is 0 Å². The van der Waals surface area contributed by atoms with E-state index in [1.54, 1.807) is 18.3 Å². The molecule has 0 spiro atoms. The predicted molar refractivity (Wildman–Crippen MR) is 105 cm³/mol. The molecule has 1 unspecified atom stereocenters. The molecule has 2 heterocycles. The smallest absolute Gasteiger partial charge is 0.548 e. The van der Waals surface area contributed by atoms with Gasteiger partial charge in [-0.1, -0.05) is 18.2 Å². The van der Waals surface area contributed by atoms with Gasteiger partial charge in [0.05, 0.1) is 17.7 Å². The first-order valence-electron chi connectivity index (χ1n) is 9.05. The van der Waals surface area contributed by atoms with Crippen molar-refractivity contribution in [1.29, 1.82) is 0 Å². The van der Waals surface area contributed by atoms with Crippen molar-refractivity contribution in [3.8, 4) is 0 Å². The molecule has 30 heavy (non-hydrogen) atoms. The third kappa shape index (κ3) is 5.24. The summed E-state index contributed by atoms with van der Waals surface area (Å²) in [5.41, 5.74) is 2.50. The molecule has 0 saturated heterocycles. The third-order valence-corrected chi connectivity index (χ3v) is 4.53. The summed E-state index contributed by atoms with van der Waals surface area (Å²) >= 11 is 0. The maximum Gasteiger partial charge on any atom is 1.00 e. The minimum absolute atomic E-state index is 0. The molecule has 0 aliphatic rings. The summed E-state index contributed by atoms with van der Waals surface area (Å²) in [7, 11) is 0. The van der Waals surface area contributed by atoms with Crippen LogP contribution in [0.1, 0.15) is 12.1 Å². The van der Waals surface area contributed by atoms with Crippen molar-refractivity contribution in [3.63, 3.8) is 0 Å². The second-order valence-electron chi connectivity index (χ2n) is 6.51. The third-order valence-electron chi connectivity index (χ3n) is 4.53. The first kappa shape index (κ1) is 22.4. The number of benzene rings is 2. The minimum atomic E-state index is -1.36. The van der Waals surface area contributed by atoms with E-state index in [-0.39, 0.29) is 57.8 Å².